The molecule has 0 aliphatic carbocycles. The van der Waals surface area contributed by atoms with Crippen LogP contribution in [0.1, 0.15) is 6.92 Å². The summed E-state index contributed by atoms with van der Waals surface area (Å²) in [6.45, 7) is 2.76. The van der Waals surface area contributed by atoms with Gasteiger partial charge in [0.2, 0.25) is 0 Å². The molecular formula is C11H11N3O2S. The third-order valence-electron chi connectivity index (χ3n) is 2.20. The maximum Gasteiger partial charge on any atom is 0.278 e. The summed E-state index contributed by atoms with van der Waals surface area (Å²) in [5, 5.41) is 14.8. The average Bonchev–Trinajstić information content (AvgIpc) is 2.78. The molecule has 2 rings (SSSR count). The molecule has 1 heterocycles. The number of rotatable bonds is 4. The van der Waals surface area contributed by atoms with E-state index in [4.69, 9.17) is 0 Å². The van der Waals surface area contributed by atoms with E-state index in [9.17, 15) is 10.1 Å². The average molecular weight is 249 g/mol. The standard InChI is InChI=1S/C11H11N3O2S/c1-2-12-11-13-7-10(17-11)8-5-3-4-6-9(8)14(15)16/h3-7H,2H2,1H3,(H,12,13). The van der Waals surface area contributed by atoms with Gasteiger partial charge in [-0.2, -0.15) is 0 Å². The van der Waals surface area contributed by atoms with Crippen LogP contribution in [0.15, 0.2) is 30.5 Å². The molecule has 1 N–H and O–H groups in total. The van der Waals surface area contributed by atoms with E-state index in [1.165, 1.54) is 17.4 Å². The van der Waals surface area contributed by atoms with E-state index in [1.54, 1.807) is 24.4 Å². The molecule has 88 valence electrons. The summed E-state index contributed by atoms with van der Waals surface area (Å²) in [7, 11) is 0. The smallest absolute Gasteiger partial charge is 0.278 e. The Morgan fingerprint density at radius 1 is 1.47 bits per heavy atom. The number of aromatic nitrogens is 1. The summed E-state index contributed by atoms with van der Waals surface area (Å²) in [6.07, 6.45) is 1.66. The Hall–Kier alpha value is -1.95. The Morgan fingerprint density at radius 2 is 2.24 bits per heavy atom. The van der Waals surface area contributed by atoms with Gasteiger partial charge in [0.25, 0.3) is 5.69 Å². The topological polar surface area (TPSA) is 68.1 Å². The minimum absolute atomic E-state index is 0.110. The van der Waals surface area contributed by atoms with Gasteiger partial charge in [0.05, 0.1) is 15.4 Å². The molecular weight excluding hydrogens is 238 g/mol. The van der Waals surface area contributed by atoms with E-state index in [-0.39, 0.29) is 10.6 Å². The van der Waals surface area contributed by atoms with Crippen LogP contribution in [0.4, 0.5) is 10.8 Å². The lowest BCUT2D eigenvalue weighted by Crippen LogP contribution is -1.94. The highest BCUT2D eigenvalue weighted by molar-refractivity contribution is 7.18. The van der Waals surface area contributed by atoms with Crippen LogP contribution in [0.5, 0.6) is 0 Å². The number of thiazole rings is 1. The predicted molar refractivity (Wildman–Crippen MR) is 68.4 cm³/mol. The van der Waals surface area contributed by atoms with Crippen molar-refractivity contribution in [3.63, 3.8) is 0 Å². The molecule has 2 aromatic rings. The highest BCUT2D eigenvalue weighted by Crippen LogP contribution is 2.34. The van der Waals surface area contributed by atoms with Crippen LogP contribution in [0, 0.1) is 10.1 Å². The quantitative estimate of drug-likeness (QED) is 0.667. The zero-order chi connectivity index (χ0) is 12.3. The fourth-order valence-electron chi connectivity index (χ4n) is 1.47. The summed E-state index contributed by atoms with van der Waals surface area (Å²) in [5.41, 5.74) is 0.721. The van der Waals surface area contributed by atoms with Crippen molar-refractivity contribution in [3.05, 3.63) is 40.6 Å². The van der Waals surface area contributed by atoms with Gasteiger partial charge in [-0.05, 0) is 13.0 Å². The first-order valence-corrected chi connectivity index (χ1v) is 5.97. The normalized spacial score (nSPS) is 10.2. The van der Waals surface area contributed by atoms with Crippen LogP contribution in [0.3, 0.4) is 0 Å². The minimum atomic E-state index is -0.373. The molecule has 6 heteroatoms. The number of nitrogens with zero attached hydrogens (tertiary/aromatic N) is 2. The molecule has 0 saturated carbocycles. The zero-order valence-electron chi connectivity index (χ0n) is 9.21. The van der Waals surface area contributed by atoms with Gasteiger partial charge in [0, 0.05) is 18.8 Å². The molecule has 0 saturated heterocycles. The van der Waals surface area contributed by atoms with Crippen molar-refractivity contribution in [2.24, 2.45) is 0 Å². The van der Waals surface area contributed by atoms with Gasteiger partial charge in [-0.1, -0.05) is 23.5 Å². The van der Waals surface area contributed by atoms with Crippen molar-refractivity contribution < 1.29 is 4.92 Å². The molecule has 0 aliphatic heterocycles. The van der Waals surface area contributed by atoms with Crippen molar-refractivity contribution in [3.8, 4) is 10.4 Å². The third kappa shape index (κ3) is 2.42. The van der Waals surface area contributed by atoms with E-state index in [0.29, 0.717) is 5.56 Å². The Labute approximate surface area is 102 Å². The summed E-state index contributed by atoms with van der Waals surface area (Å²) in [4.78, 5) is 15.5. The first kappa shape index (κ1) is 11.5. The molecule has 0 amide bonds. The van der Waals surface area contributed by atoms with E-state index in [2.05, 4.69) is 10.3 Å². The number of nitro groups is 1. The van der Waals surface area contributed by atoms with Crippen LogP contribution in [0.25, 0.3) is 10.4 Å². The van der Waals surface area contributed by atoms with Crippen molar-refractivity contribution >= 4 is 22.2 Å². The lowest BCUT2D eigenvalue weighted by atomic mass is 10.1. The molecule has 1 aromatic carbocycles. The van der Waals surface area contributed by atoms with Gasteiger partial charge in [-0.25, -0.2) is 4.98 Å². The minimum Gasteiger partial charge on any atom is -0.362 e. The molecule has 5 nitrogen and oxygen atoms in total. The van der Waals surface area contributed by atoms with Gasteiger partial charge in [0.15, 0.2) is 5.13 Å². The van der Waals surface area contributed by atoms with E-state index in [0.717, 1.165) is 16.6 Å². The van der Waals surface area contributed by atoms with Crippen LogP contribution >= 0.6 is 11.3 Å². The Balaban J connectivity index is 2.41. The molecule has 0 atom stereocenters. The maximum absolute atomic E-state index is 10.9. The number of anilines is 1. The van der Waals surface area contributed by atoms with Crippen molar-refractivity contribution in [2.75, 3.05) is 11.9 Å². The van der Waals surface area contributed by atoms with Gasteiger partial charge in [-0.15, -0.1) is 0 Å². The SMILES string of the molecule is CCNc1ncc(-c2ccccc2[N+](=O)[O-])s1. The van der Waals surface area contributed by atoms with E-state index < -0.39 is 0 Å². The van der Waals surface area contributed by atoms with Gasteiger partial charge < -0.3 is 5.32 Å². The monoisotopic (exact) mass is 249 g/mol. The van der Waals surface area contributed by atoms with Gasteiger partial charge in [0.1, 0.15) is 0 Å². The molecule has 17 heavy (non-hydrogen) atoms. The number of nitro benzene ring substituents is 1. The Kier molecular flexibility index (Phi) is 3.34. The fraction of sp³-hybridized carbons (Fsp3) is 0.182. The highest BCUT2D eigenvalue weighted by atomic mass is 32.1. The second-order valence-electron chi connectivity index (χ2n) is 3.33. The number of hydrogen-bond acceptors (Lipinski definition) is 5. The van der Waals surface area contributed by atoms with E-state index >= 15 is 0 Å². The molecule has 1 aromatic heterocycles. The number of hydrogen-bond donors (Lipinski definition) is 1. The van der Waals surface area contributed by atoms with Gasteiger partial charge >= 0.3 is 0 Å². The number of para-hydroxylation sites is 1. The largest absolute Gasteiger partial charge is 0.362 e. The first-order chi connectivity index (χ1) is 8.22. The zero-order valence-corrected chi connectivity index (χ0v) is 10.0. The van der Waals surface area contributed by atoms with Crippen LogP contribution < -0.4 is 5.32 Å². The van der Waals surface area contributed by atoms with Crippen LogP contribution in [0.2, 0.25) is 0 Å². The number of nitrogens with one attached hydrogen (secondary N) is 1. The summed E-state index contributed by atoms with van der Waals surface area (Å²) < 4.78 is 0. The molecule has 0 radical (unpaired) electrons. The van der Waals surface area contributed by atoms with E-state index in [1.807, 2.05) is 6.92 Å². The number of benzene rings is 1. The van der Waals surface area contributed by atoms with Gasteiger partial charge in [-0.3, -0.25) is 10.1 Å². The Bertz CT molecular complexity index is 539. The molecule has 0 aliphatic rings. The first-order valence-electron chi connectivity index (χ1n) is 5.16. The second kappa shape index (κ2) is 4.92. The second-order valence-corrected chi connectivity index (χ2v) is 4.36. The molecule has 0 fully saturated rings. The van der Waals surface area contributed by atoms with Crippen molar-refractivity contribution in [1.29, 1.82) is 0 Å². The summed E-state index contributed by atoms with van der Waals surface area (Å²) in [6, 6.07) is 6.69. The van der Waals surface area contributed by atoms with Crippen molar-refractivity contribution in [2.45, 2.75) is 6.92 Å². The third-order valence-corrected chi connectivity index (χ3v) is 3.19. The van der Waals surface area contributed by atoms with Crippen molar-refractivity contribution in [1.82, 2.24) is 4.98 Å². The van der Waals surface area contributed by atoms with Crippen LogP contribution in [-0.2, 0) is 0 Å². The lowest BCUT2D eigenvalue weighted by Gasteiger charge is -1.98. The highest BCUT2D eigenvalue weighted by Gasteiger charge is 2.16. The predicted octanol–water partition coefficient (Wildman–Crippen LogP) is 3.15. The molecule has 0 spiro atoms. The summed E-state index contributed by atoms with van der Waals surface area (Å²) >= 11 is 1.42. The fourth-order valence-corrected chi connectivity index (χ4v) is 2.39. The molecule has 0 unspecified atom stereocenters. The maximum atomic E-state index is 10.9. The lowest BCUT2D eigenvalue weighted by molar-refractivity contribution is -0.384. The van der Waals surface area contributed by atoms with Crippen LogP contribution in [-0.4, -0.2) is 16.5 Å². The summed E-state index contributed by atoms with van der Waals surface area (Å²) in [5.74, 6) is 0. The molecule has 0 bridgehead atoms. The Morgan fingerprint density at radius 3 is 2.94 bits per heavy atom.